The van der Waals surface area contributed by atoms with Crippen LogP contribution in [0.4, 0.5) is 4.39 Å². The molecule has 0 radical (unpaired) electrons. The average Bonchev–Trinajstić information content (AvgIpc) is 2.49. The molecule has 1 N–H and O–H groups in total. The highest BCUT2D eigenvalue weighted by molar-refractivity contribution is 7.99. The highest BCUT2D eigenvalue weighted by Crippen LogP contribution is 2.41. The molecule has 1 heterocycles. The van der Waals surface area contributed by atoms with Gasteiger partial charge in [-0.05, 0) is 29.4 Å². The van der Waals surface area contributed by atoms with Gasteiger partial charge >= 0.3 is 0 Å². The molecule has 76 valence electrons. The largest absolute Gasteiger partial charge is 0.384 e. The molecular weight excluding hydrogens is 199 g/mol. The van der Waals surface area contributed by atoms with Crippen LogP contribution in [0.5, 0.6) is 0 Å². The summed E-state index contributed by atoms with van der Waals surface area (Å²) in [5.74, 6) is 1.65. The van der Waals surface area contributed by atoms with E-state index in [9.17, 15) is 9.50 Å². The van der Waals surface area contributed by atoms with Crippen LogP contribution in [0, 0.1) is 11.7 Å². The third kappa shape index (κ3) is 1.55. The number of rotatable bonds is 1. The summed E-state index contributed by atoms with van der Waals surface area (Å²) < 4.78 is 12.7. The SMILES string of the molecule is C[C@@H]1CSC[C@@]1(O)c1ccc(F)cc1. The zero-order valence-electron chi connectivity index (χ0n) is 8.03. The van der Waals surface area contributed by atoms with Gasteiger partial charge < -0.3 is 5.11 Å². The number of benzene rings is 1. The van der Waals surface area contributed by atoms with Crippen LogP contribution in [0.15, 0.2) is 24.3 Å². The minimum absolute atomic E-state index is 0.234. The molecular formula is C11H13FOS. The van der Waals surface area contributed by atoms with E-state index in [4.69, 9.17) is 0 Å². The minimum Gasteiger partial charge on any atom is -0.384 e. The second-order valence-corrected chi connectivity index (χ2v) is 4.88. The topological polar surface area (TPSA) is 20.2 Å². The van der Waals surface area contributed by atoms with E-state index in [1.165, 1.54) is 12.1 Å². The lowest BCUT2D eigenvalue weighted by atomic mass is 9.85. The zero-order valence-corrected chi connectivity index (χ0v) is 8.85. The molecule has 1 aromatic carbocycles. The van der Waals surface area contributed by atoms with Gasteiger partial charge in [-0.1, -0.05) is 19.1 Å². The first-order valence-electron chi connectivity index (χ1n) is 4.69. The van der Waals surface area contributed by atoms with Gasteiger partial charge in [0.1, 0.15) is 11.4 Å². The molecule has 1 nitrogen and oxygen atoms in total. The maximum atomic E-state index is 12.7. The van der Waals surface area contributed by atoms with E-state index in [1.54, 1.807) is 23.9 Å². The summed E-state index contributed by atoms with van der Waals surface area (Å²) in [4.78, 5) is 0. The molecule has 1 aliphatic heterocycles. The summed E-state index contributed by atoms with van der Waals surface area (Å²) in [5, 5.41) is 10.4. The fraction of sp³-hybridized carbons (Fsp3) is 0.455. The normalized spacial score (nSPS) is 32.1. The number of thioether (sulfide) groups is 1. The Kier molecular flexibility index (Phi) is 2.54. The van der Waals surface area contributed by atoms with E-state index in [0.717, 1.165) is 11.3 Å². The molecule has 2 atom stereocenters. The predicted molar refractivity (Wildman–Crippen MR) is 56.8 cm³/mol. The Morgan fingerprint density at radius 2 is 2.07 bits per heavy atom. The standard InChI is InChI=1S/C11H13FOS/c1-8-6-14-7-11(8,13)9-2-4-10(12)5-3-9/h2-5,8,13H,6-7H2,1H3/t8-,11+/m1/s1. The third-order valence-electron chi connectivity index (χ3n) is 2.85. The van der Waals surface area contributed by atoms with Gasteiger partial charge in [-0.15, -0.1) is 0 Å². The van der Waals surface area contributed by atoms with Crippen molar-refractivity contribution in [2.45, 2.75) is 12.5 Å². The maximum Gasteiger partial charge on any atom is 0.123 e. The lowest BCUT2D eigenvalue weighted by molar-refractivity contribution is 0.0234. The summed E-state index contributed by atoms with van der Waals surface area (Å²) in [6, 6.07) is 6.17. The number of hydrogen-bond donors (Lipinski definition) is 1. The molecule has 0 saturated carbocycles. The molecule has 0 spiro atoms. The zero-order chi connectivity index (χ0) is 10.2. The van der Waals surface area contributed by atoms with Gasteiger partial charge in [-0.2, -0.15) is 11.8 Å². The molecule has 1 aromatic rings. The summed E-state index contributed by atoms with van der Waals surface area (Å²) in [6.07, 6.45) is 0. The lowest BCUT2D eigenvalue weighted by Crippen LogP contribution is -2.32. The fourth-order valence-electron chi connectivity index (χ4n) is 1.78. The monoisotopic (exact) mass is 212 g/mol. The molecule has 3 heteroatoms. The molecule has 14 heavy (non-hydrogen) atoms. The molecule has 0 aliphatic carbocycles. The average molecular weight is 212 g/mol. The second-order valence-electron chi connectivity index (χ2n) is 3.85. The highest BCUT2D eigenvalue weighted by atomic mass is 32.2. The van der Waals surface area contributed by atoms with Gasteiger partial charge in [-0.25, -0.2) is 4.39 Å². The first kappa shape index (κ1) is 9.99. The Hall–Kier alpha value is -0.540. The van der Waals surface area contributed by atoms with E-state index in [2.05, 4.69) is 0 Å². The van der Waals surface area contributed by atoms with Crippen molar-refractivity contribution in [1.29, 1.82) is 0 Å². The molecule has 1 saturated heterocycles. The smallest absolute Gasteiger partial charge is 0.123 e. The second kappa shape index (κ2) is 3.55. The van der Waals surface area contributed by atoms with Crippen LogP contribution < -0.4 is 0 Å². The van der Waals surface area contributed by atoms with E-state index < -0.39 is 5.60 Å². The van der Waals surface area contributed by atoms with Crippen LogP contribution in [-0.2, 0) is 5.60 Å². The van der Waals surface area contributed by atoms with E-state index in [1.807, 2.05) is 6.92 Å². The van der Waals surface area contributed by atoms with Gasteiger partial charge in [0.05, 0.1) is 0 Å². The number of aliphatic hydroxyl groups is 1. The maximum absolute atomic E-state index is 12.7. The summed E-state index contributed by atoms with van der Waals surface area (Å²) in [5.41, 5.74) is 0.0645. The van der Waals surface area contributed by atoms with Gasteiger partial charge in [0.2, 0.25) is 0 Å². The van der Waals surface area contributed by atoms with Crippen molar-refractivity contribution in [1.82, 2.24) is 0 Å². The molecule has 2 rings (SSSR count). The van der Waals surface area contributed by atoms with Gasteiger partial charge in [-0.3, -0.25) is 0 Å². The Labute approximate surface area is 87.3 Å². The summed E-state index contributed by atoms with van der Waals surface area (Å²) in [7, 11) is 0. The van der Waals surface area contributed by atoms with E-state index in [0.29, 0.717) is 5.75 Å². The predicted octanol–water partition coefficient (Wildman–Crippen LogP) is 2.40. The molecule has 1 aliphatic rings. The molecule has 0 amide bonds. The van der Waals surface area contributed by atoms with Crippen LogP contribution in [-0.4, -0.2) is 16.6 Å². The van der Waals surface area contributed by atoms with Crippen LogP contribution in [0.2, 0.25) is 0 Å². The van der Waals surface area contributed by atoms with Gasteiger partial charge in [0.25, 0.3) is 0 Å². The highest BCUT2D eigenvalue weighted by Gasteiger charge is 2.40. The van der Waals surface area contributed by atoms with Crippen molar-refractivity contribution in [2.75, 3.05) is 11.5 Å². The Balaban J connectivity index is 2.34. The third-order valence-corrected chi connectivity index (χ3v) is 4.23. The Bertz CT molecular complexity index is 325. The first-order chi connectivity index (χ1) is 6.63. The molecule has 0 unspecified atom stereocenters. The van der Waals surface area contributed by atoms with Crippen molar-refractivity contribution in [2.24, 2.45) is 5.92 Å². The van der Waals surface area contributed by atoms with Crippen LogP contribution in [0.1, 0.15) is 12.5 Å². The lowest BCUT2D eigenvalue weighted by Gasteiger charge is -2.27. The van der Waals surface area contributed by atoms with Crippen molar-refractivity contribution >= 4 is 11.8 Å². The molecule has 1 fully saturated rings. The van der Waals surface area contributed by atoms with Crippen LogP contribution >= 0.6 is 11.8 Å². The van der Waals surface area contributed by atoms with Gasteiger partial charge in [0.15, 0.2) is 0 Å². The van der Waals surface area contributed by atoms with Crippen molar-refractivity contribution in [3.63, 3.8) is 0 Å². The molecule has 0 bridgehead atoms. The Morgan fingerprint density at radius 3 is 2.57 bits per heavy atom. The summed E-state index contributed by atoms with van der Waals surface area (Å²) in [6.45, 7) is 2.03. The van der Waals surface area contributed by atoms with Crippen molar-refractivity contribution < 1.29 is 9.50 Å². The summed E-state index contributed by atoms with van der Waals surface area (Å²) >= 11 is 1.74. The van der Waals surface area contributed by atoms with Crippen LogP contribution in [0.25, 0.3) is 0 Å². The van der Waals surface area contributed by atoms with E-state index >= 15 is 0 Å². The van der Waals surface area contributed by atoms with E-state index in [-0.39, 0.29) is 11.7 Å². The quantitative estimate of drug-likeness (QED) is 0.771. The number of hydrogen-bond acceptors (Lipinski definition) is 2. The number of halogens is 1. The molecule has 0 aromatic heterocycles. The Morgan fingerprint density at radius 1 is 1.43 bits per heavy atom. The van der Waals surface area contributed by atoms with Crippen LogP contribution in [0.3, 0.4) is 0 Å². The minimum atomic E-state index is -0.766. The van der Waals surface area contributed by atoms with Crippen molar-refractivity contribution in [3.8, 4) is 0 Å². The van der Waals surface area contributed by atoms with Crippen molar-refractivity contribution in [3.05, 3.63) is 35.6 Å². The fourth-order valence-corrected chi connectivity index (χ4v) is 3.29. The first-order valence-corrected chi connectivity index (χ1v) is 5.84. The van der Waals surface area contributed by atoms with Gasteiger partial charge in [0, 0.05) is 5.75 Å².